The van der Waals surface area contributed by atoms with Gasteiger partial charge in [-0.2, -0.15) is 0 Å². The number of hydrogen-bond acceptors (Lipinski definition) is 0. The van der Waals surface area contributed by atoms with Crippen LogP contribution in [0, 0.1) is 0 Å². The van der Waals surface area contributed by atoms with Crippen molar-refractivity contribution in [2.75, 3.05) is 0 Å². The molecule has 2 aromatic rings. The predicted molar refractivity (Wildman–Crippen MR) is 104 cm³/mol. The quantitative estimate of drug-likeness (QED) is 0.423. The summed E-state index contributed by atoms with van der Waals surface area (Å²) in [7, 11) is -1.90. The maximum Gasteiger partial charge on any atom is 0.107 e. The fourth-order valence-corrected chi connectivity index (χ4v) is 8.83. The Morgan fingerprint density at radius 3 is 1.48 bits per heavy atom. The van der Waals surface area contributed by atoms with Crippen LogP contribution in [0.15, 0.2) is 58.9 Å². The first-order valence-corrected chi connectivity index (χ1v) is 11.8. The molecule has 2 aliphatic rings. The van der Waals surface area contributed by atoms with Crippen molar-refractivity contribution in [3.05, 3.63) is 81.2 Å². The van der Waals surface area contributed by atoms with Gasteiger partial charge in [-0.3, -0.25) is 0 Å². The molecule has 2 aliphatic carbocycles. The van der Waals surface area contributed by atoms with Crippen molar-refractivity contribution in [2.45, 2.75) is 23.8 Å². The fourth-order valence-electron chi connectivity index (χ4n) is 3.72. The van der Waals surface area contributed by atoms with Crippen molar-refractivity contribution >= 4 is 43.4 Å². The minimum atomic E-state index is -1.90. The number of rotatable bonds is 2. The number of allylic oxidation sites excluding steroid dienone is 2. The van der Waals surface area contributed by atoms with Gasteiger partial charge in [0.2, 0.25) is 0 Å². The lowest BCUT2D eigenvalue weighted by Crippen LogP contribution is -2.34. The molecular formula is C20H18Cl2Si. The molecule has 23 heavy (non-hydrogen) atoms. The Morgan fingerprint density at radius 2 is 1.09 bits per heavy atom. The van der Waals surface area contributed by atoms with E-state index in [2.05, 4.69) is 73.8 Å². The molecule has 0 aliphatic heterocycles. The van der Waals surface area contributed by atoms with Crippen LogP contribution in [0.4, 0.5) is 0 Å². The third-order valence-corrected chi connectivity index (χ3v) is 10.2. The summed E-state index contributed by atoms with van der Waals surface area (Å²) in [6, 6.07) is 16.9. The molecule has 0 saturated heterocycles. The Hall–Kier alpha value is -1.28. The Morgan fingerprint density at radius 1 is 0.696 bits per heavy atom. The van der Waals surface area contributed by atoms with E-state index in [0.717, 1.165) is 0 Å². The topological polar surface area (TPSA) is 0 Å². The van der Waals surface area contributed by atoms with Crippen LogP contribution in [0.2, 0.25) is 13.1 Å². The summed E-state index contributed by atoms with van der Waals surface area (Å²) in [6.45, 7) is 4.74. The average molecular weight is 357 g/mol. The molecule has 2 aromatic carbocycles. The Bertz CT molecular complexity index is 779. The third kappa shape index (κ3) is 2.26. The summed E-state index contributed by atoms with van der Waals surface area (Å²) < 4.78 is 0. The summed E-state index contributed by atoms with van der Waals surface area (Å²) in [4.78, 5) is 0. The molecule has 0 spiro atoms. The highest BCUT2D eigenvalue weighted by Crippen LogP contribution is 2.51. The zero-order valence-corrected chi connectivity index (χ0v) is 15.7. The monoisotopic (exact) mass is 356 g/mol. The Labute approximate surface area is 148 Å². The number of alkyl halides is 2. The van der Waals surface area contributed by atoms with Gasteiger partial charge in [-0.1, -0.05) is 84.2 Å². The van der Waals surface area contributed by atoms with Crippen molar-refractivity contribution in [1.29, 1.82) is 0 Å². The van der Waals surface area contributed by atoms with Crippen molar-refractivity contribution in [2.24, 2.45) is 0 Å². The van der Waals surface area contributed by atoms with Crippen LogP contribution in [-0.4, -0.2) is 8.07 Å². The first-order chi connectivity index (χ1) is 11.0. The first-order valence-electron chi connectivity index (χ1n) is 7.90. The molecule has 116 valence electrons. The maximum absolute atomic E-state index is 6.83. The average Bonchev–Trinajstić information content (AvgIpc) is 3.07. The molecule has 2 unspecified atom stereocenters. The number of benzene rings is 2. The van der Waals surface area contributed by atoms with Gasteiger partial charge >= 0.3 is 0 Å². The van der Waals surface area contributed by atoms with E-state index in [9.17, 15) is 0 Å². The summed E-state index contributed by atoms with van der Waals surface area (Å²) in [5, 5.41) is 2.68. The summed E-state index contributed by atoms with van der Waals surface area (Å²) >= 11 is 13.7. The molecule has 2 atom stereocenters. The van der Waals surface area contributed by atoms with Crippen molar-refractivity contribution in [1.82, 2.24) is 0 Å². The standard InChI is InChI=1S/C20H18Cl2Si/c1-23(2,17-11-13-7-3-5-9-15(13)19(17)21)18-12-14-8-4-6-10-16(14)20(18)22/h3-12,19-20H,1-2H3. The van der Waals surface area contributed by atoms with Crippen LogP contribution in [0.25, 0.3) is 12.2 Å². The molecule has 0 amide bonds. The van der Waals surface area contributed by atoms with Gasteiger partial charge in [-0.05, 0) is 22.3 Å². The van der Waals surface area contributed by atoms with Crippen LogP contribution in [0.5, 0.6) is 0 Å². The fraction of sp³-hybridized carbons (Fsp3) is 0.200. The van der Waals surface area contributed by atoms with Gasteiger partial charge in [0, 0.05) is 0 Å². The zero-order valence-electron chi connectivity index (χ0n) is 13.2. The summed E-state index contributed by atoms with van der Waals surface area (Å²) in [5.74, 6) is 0. The van der Waals surface area contributed by atoms with Crippen LogP contribution in [0.3, 0.4) is 0 Å². The SMILES string of the molecule is C[Si](C)(C1=Cc2ccccc2C1Cl)C1=Cc2ccccc2C1Cl. The van der Waals surface area contributed by atoms with E-state index in [1.807, 2.05) is 0 Å². The lowest BCUT2D eigenvalue weighted by molar-refractivity contribution is 1.17. The molecule has 0 bridgehead atoms. The minimum Gasteiger partial charge on any atom is -0.113 e. The van der Waals surface area contributed by atoms with E-state index in [1.165, 1.54) is 32.6 Å². The molecule has 0 fully saturated rings. The van der Waals surface area contributed by atoms with Crippen molar-refractivity contribution in [3.63, 3.8) is 0 Å². The first kappa shape index (κ1) is 15.3. The van der Waals surface area contributed by atoms with Crippen molar-refractivity contribution in [3.8, 4) is 0 Å². The van der Waals surface area contributed by atoms with Gasteiger partial charge in [0.25, 0.3) is 0 Å². The largest absolute Gasteiger partial charge is 0.113 e. The molecule has 0 aromatic heterocycles. The van der Waals surface area contributed by atoms with E-state index in [0.29, 0.717) is 0 Å². The highest BCUT2D eigenvalue weighted by Gasteiger charge is 2.42. The zero-order chi connectivity index (χ0) is 16.2. The van der Waals surface area contributed by atoms with Gasteiger partial charge in [-0.15, -0.1) is 23.2 Å². The Kier molecular flexibility index (Phi) is 3.56. The smallest absolute Gasteiger partial charge is 0.107 e. The molecule has 0 saturated carbocycles. The van der Waals surface area contributed by atoms with Gasteiger partial charge < -0.3 is 0 Å². The van der Waals surface area contributed by atoms with E-state index < -0.39 is 8.07 Å². The van der Waals surface area contributed by atoms with E-state index in [1.54, 1.807) is 0 Å². The van der Waals surface area contributed by atoms with Crippen LogP contribution in [-0.2, 0) is 0 Å². The lowest BCUT2D eigenvalue weighted by Gasteiger charge is -2.30. The van der Waals surface area contributed by atoms with E-state index >= 15 is 0 Å². The highest BCUT2D eigenvalue weighted by atomic mass is 35.5. The molecule has 3 heteroatoms. The lowest BCUT2D eigenvalue weighted by atomic mass is 10.1. The highest BCUT2D eigenvalue weighted by molar-refractivity contribution is 6.93. The molecule has 0 N–H and O–H groups in total. The van der Waals surface area contributed by atoms with Gasteiger partial charge in [0.15, 0.2) is 0 Å². The summed E-state index contributed by atoms with van der Waals surface area (Å²) in [5.41, 5.74) is 4.97. The number of halogens is 2. The van der Waals surface area contributed by atoms with Gasteiger partial charge in [0.1, 0.15) is 8.07 Å². The van der Waals surface area contributed by atoms with Crippen LogP contribution >= 0.6 is 23.2 Å². The normalized spacial score (nSPS) is 22.4. The van der Waals surface area contributed by atoms with Crippen LogP contribution < -0.4 is 0 Å². The van der Waals surface area contributed by atoms with E-state index in [4.69, 9.17) is 23.2 Å². The minimum absolute atomic E-state index is 0.0265. The predicted octanol–water partition coefficient (Wildman–Crippen LogP) is 6.53. The summed E-state index contributed by atoms with van der Waals surface area (Å²) in [6.07, 6.45) is 4.60. The second-order valence-corrected chi connectivity index (χ2v) is 12.1. The molecular weight excluding hydrogens is 339 g/mol. The Balaban J connectivity index is 1.76. The second-order valence-electron chi connectivity index (χ2n) is 6.81. The molecule has 0 radical (unpaired) electrons. The number of hydrogen-bond donors (Lipinski definition) is 0. The second kappa shape index (κ2) is 5.37. The third-order valence-electron chi connectivity index (χ3n) is 5.15. The maximum atomic E-state index is 6.83. The molecule has 0 nitrogen and oxygen atoms in total. The van der Waals surface area contributed by atoms with E-state index in [-0.39, 0.29) is 10.8 Å². The van der Waals surface area contributed by atoms with Crippen molar-refractivity contribution < 1.29 is 0 Å². The van der Waals surface area contributed by atoms with Gasteiger partial charge in [0.05, 0.1) is 10.8 Å². The van der Waals surface area contributed by atoms with Crippen LogP contribution in [0.1, 0.15) is 33.0 Å². The molecule has 0 heterocycles. The van der Waals surface area contributed by atoms with Gasteiger partial charge in [-0.25, -0.2) is 0 Å². The molecule has 4 rings (SSSR count). The number of fused-ring (bicyclic) bond motifs is 2.